The Kier molecular flexibility index (Phi) is 4.68. The molecule has 0 N–H and O–H groups in total. The van der Waals surface area contributed by atoms with Crippen molar-refractivity contribution < 1.29 is 14.1 Å². The molecule has 1 aliphatic heterocycles. The third-order valence-electron chi connectivity index (χ3n) is 3.52. The maximum absolute atomic E-state index is 12.3. The van der Waals surface area contributed by atoms with E-state index in [-0.39, 0.29) is 10.7 Å². The predicted octanol–water partition coefficient (Wildman–Crippen LogP) is 1.68. The number of ether oxygens (including phenoxy) is 1. The van der Waals surface area contributed by atoms with Gasteiger partial charge >= 0.3 is 0 Å². The van der Waals surface area contributed by atoms with Crippen molar-refractivity contribution in [3.8, 4) is 6.07 Å². The van der Waals surface area contributed by atoms with Gasteiger partial charge in [-0.2, -0.15) is 5.26 Å². The van der Waals surface area contributed by atoms with Gasteiger partial charge in [-0.1, -0.05) is 5.16 Å². The lowest BCUT2D eigenvalue weighted by atomic mass is 9.97. The number of thioether (sulfide) groups is 1. The molecular formula is C13H17N3O3S. The average molecular weight is 295 g/mol. The van der Waals surface area contributed by atoms with Crippen molar-refractivity contribution in [2.75, 3.05) is 26.5 Å². The molecule has 20 heavy (non-hydrogen) atoms. The largest absolute Gasteiger partial charge is 0.377 e. The third-order valence-corrected chi connectivity index (χ3v) is 4.80. The van der Waals surface area contributed by atoms with Crippen molar-refractivity contribution in [2.24, 2.45) is 0 Å². The van der Waals surface area contributed by atoms with Crippen LogP contribution in [0.1, 0.15) is 29.1 Å². The minimum atomic E-state index is -0.359. The van der Waals surface area contributed by atoms with E-state index in [4.69, 9.17) is 9.26 Å². The molecule has 1 amide bonds. The second-order valence-electron chi connectivity index (χ2n) is 4.71. The monoisotopic (exact) mass is 295 g/mol. The smallest absolute Gasteiger partial charge is 0.276 e. The van der Waals surface area contributed by atoms with E-state index in [1.807, 2.05) is 6.26 Å². The number of likely N-dealkylation sites (tertiary alicyclic amines) is 1. The number of nitriles is 1. The van der Waals surface area contributed by atoms with E-state index in [0.717, 1.165) is 0 Å². The molecule has 2 rings (SSSR count). The number of nitrogens with zero attached hydrogens (tertiary/aromatic N) is 3. The molecule has 0 aliphatic carbocycles. The normalized spacial score (nSPS) is 17.8. The van der Waals surface area contributed by atoms with Gasteiger partial charge in [0.2, 0.25) is 0 Å². The zero-order valence-corrected chi connectivity index (χ0v) is 12.4. The van der Waals surface area contributed by atoms with Crippen LogP contribution in [0.25, 0.3) is 0 Å². The number of hydrogen-bond acceptors (Lipinski definition) is 6. The van der Waals surface area contributed by atoms with Crippen LogP contribution < -0.4 is 0 Å². The summed E-state index contributed by atoms with van der Waals surface area (Å²) >= 11 is 1.56. The molecule has 0 radical (unpaired) electrons. The van der Waals surface area contributed by atoms with Crippen molar-refractivity contribution >= 4 is 17.7 Å². The quantitative estimate of drug-likeness (QED) is 0.841. The maximum Gasteiger partial charge on any atom is 0.276 e. The minimum absolute atomic E-state index is 0.149. The van der Waals surface area contributed by atoms with Crippen LogP contribution in [-0.2, 0) is 11.3 Å². The second kappa shape index (κ2) is 6.29. The van der Waals surface area contributed by atoms with Gasteiger partial charge in [0.25, 0.3) is 5.91 Å². The van der Waals surface area contributed by atoms with Gasteiger partial charge in [0.15, 0.2) is 11.5 Å². The number of hydrogen-bond donors (Lipinski definition) is 0. The summed E-state index contributed by atoms with van der Waals surface area (Å²) < 4.78 is 9.59. The Balaban J connectivity index is 1.99. The summed E-state index contributed by atoms with van der Waals surface area (Å²) in [5, 5.41) is 13.0. The maximum atomic E-state index is 12.3. The van der Waals surface area contributed by atoms with Crippen LogP contribution in [0.15, 0.2) is 10.6 Å². The summed E-state index contributed by atoms with van der Waals surface area (Å²) in [6.07, 6.45) is 3.30. The molecule has 0 aromatic carbocycles. The Morgan fingerprint density at radius 1 is 1.65 bits per heavy atom. The van der Waals surface area contributed by atoms with Crippen LogP contribution in [0.4, 0.5) is 0 Å². The highest BCUT2D eigenvalue weighted by atomic mass is 32.2. The molecule has 108 valence electrons. The van der Waals surface area contributed by atoms with Crippen LogP contribution in [0.3, 0.4) is 0 Å². The summed E-state index contributed by atoms with van der Waals surface area (Å²) in [4.78, 5) is 14.0. The zero-order chi connectivity index (χ0) is 14.6. The molecule has 1 fully saturated rings. The molecule has 6 nitrogen and oxygen atoms in total. The molecule has 1 aromatic rings. The number of aromatic nitrogens is 1. The van der Waals surface area contributed by atoms with Crippen molar-refractivity contribution in [2.45, 2.75) is 24.2 Å². The van der Waals surface area contributed by atoms with Crippen LogP contribution in [-0.4, -0.2) is 47.2 Å². The summed E-state index contributed by atoms with van der Waals surface area (Å²) in [6, 6.07) is 3.97. The van der Waals surface area contributed by atoms with Crippen LogP contribution in [0.5, 0.6) is 0 Å². The topological polar surface area (TPSA) is 79.4 Å². The highest BCUT2D eigenvalue weighted by Crippen LogP contribution is 2.34. The van der Waals surface area contributed by atoms with Crippen molar-refractivity contribution in [3.63, 3.8) is 0 Å². The summed E-state index contributed by atoms with van der Waals surface area (Å²) in [5.74, 6) is 0.382. The Morgan fingerprint density at radius 2 is 2.35 bits per heavy atom. The van der Waals surface area contributed by atoms with Gasteiger partial charge in [-0.15, -0.1) is 11.8 Å². The SMILES string of the molecule is COCc1cc(C(=O)N2CCC(C#N)(SC)CC2)no1. The van der Waals surface area contributed by atoms with Gasteiger partial charge in [-0.25, -0.2) is 0 Å². The Hall–Kier alpha value is -1.52. The van der Waals surface area contributed by atoms with E-state index < -0.39 is 0 Å². The molecule has 0 bridgehead atoms. The van der Waals surface area contributed by atoms with Gasteiger partial charge in [0.1, 0.15) is 11.4 Å². The molecule has 1 aromatic heterocycles. The lowest BCUT2D eigenvalue weighted by molar-refractivity contribution is 0.0705. The second-order valence-corrected chi connectivity index (χ2v) is 5.90. The van der Waals surface area contributed by atoms with E-state index in [0.29, 0.717) is 44.0 Å². The van der Waals surface area contributed by atoms with Gasteiger partial charge in [-0.3, -0.25) is 4.79 Å². The first kappa shape index (κ1) is 14.9. The minimum Gasteiger partial charge on any atom is -0.377 e. The van der Waals surface area contributed by atoms with Crippen molar-refractivity contribution in [3.05, 3.63) is 17.5 Å². The van der Waals surface area contributed by atoms with Crippen LogP contribution in [0, 0.1) is 11.3 Å². The average Bonchev–Trinajstić information content (AvgIpc) is 2.96. The fourth-order valence-electron chi connectivity index (χ4n) is 2.22. The van der Waals surface area contributed by atoms with Crippen LogP contribution >= 0.6 is 11.8 Å². The number of carbonyl (C=O) groups excluding carboxylic acids is 1. The molecule has 1 aliphatic rings. The van der Waals surface area contributed by atoms with Gasteiger partial charge in [0.05, 0.1) is 6.07 Å². The molecule has 2 heterocycles. The first-order valence-electron chi connectivity index (χ1n) is 6.34. The Labute approximate surface area is 122 Å². The standard InChI is InChI=1S/C13H17N3O3S/c1-18-8-10-7-11(15-19-10)12(17)16-5-3-13(9-14,20-2)4-6-16/h7H,3-6,8H2,1-2H3. The summed E-state index contributed by atoms with van der Waals surface area (Å²) in [5.41, 5.74) is 0.297. The number of rotatable bonds is 4. The first-order chi connectivity index (χ1) is 9.64. The number of piperidine rings is 1. The molecule has 0 spiro atoms. The fourth-order valence-corrected chi connectivity index (χ4v) is 2.90. The Morgan fingerprint density at radius 3 is 2.90 bits per heavy atom. The molecule has 0 saturated carbocycles. The lowest BCUT2D eigenvalue weighted by Crippen LogP contribution is -2.44. The fraction of sp³-hybridized carbons (Fsp3) is 0.615. The van der Waals surface area contributed by atoms with Crippen molar-refractivity contribution in [1.29, 1.82) is 5.26 Å². The number of amides is 1. The molecule has 0 unspecified atom stereocenters. The van der Waals surface area contributed by atoms with Crippen LogP contribution in [0.2, 0.25) is 0 Å². The molecule has 0 atom stereocenters. The predicted molar refractivity (Wildman–Crippen MR) is 74.2 cm³/mol. The first-order valence-corrected chi connectivity index (χ1v) is 7.57. The Bertz CT molecular complexity index is 515. The van der Waals surface area contributed by atoms with E-state index >= 15 is 0 Å². The van der Waals surface area contributed by atoms with Gasteiger partial charge < -0.3 is 14.2 Å². The van der Waals surface area contributed by atoms with E-state index in [1.54, 1.807) is 29.8 Å². The lowest BCUT2D eigenvalue weighted by Gasteiger charge is -2.35. The molecule has 7 heteroatoms. The van der Waals surface area contributed by atoms with Gasteiger partial charge in [-0.05, 0) is 19.1 Å². The molecular weight excluding hydrogens is 278 g/mol. The van der Waals surface area contributed by atoms with E-state index in [9.17, 15) is 10.1 Å². The highest BCUT2D eigenvalue weighted by Gasteiger charge is 2.36. The third kappa shape index (κ3) is 2.97. The number of methoxy groups -OCH3 is 1. The van der Waals surface area contributed by atoms with Gasteiger partial charge in [0, 0.05) is 26.3 Å². The number of carbonyl (C=O) groups is 1. The summed E-state index contributed by atoms with van der Waals surface area (Å²) in [7, 11) is 1.55. The summed E-state index contributed by atoms with van der Waals surface area (Å²) in [6.45, 7) is 1.43. The zero-order valence-electron chi connectivity index (χ0n) is 11.6. The van der Waals surface area contributed by atoms with E-state index in [1.165, 1.54) is 0 Å². The molecule has 1 saturated heterocycles. The van der Waals surface area contributed by atoms with Crippen molar-refractivity contribution in [1.82, 2.24) is 10.1 Å². The van der Waals surface area contributed by atoms with E-state index in [2.05, 4.69) is 11.2 Å². The highest BCUT2D eigenvalue weighted by molar-refractivity contribution is 8.00.